The van der Waals surface area contributed by atoms with Crippen molar-refractivity contribution in [1.29, 1.82) is 0 Å². The van der Waals surface area contributed by atoms with Gasteiger partial charge in [0.15, 0.2) is 0 Å². The summed E-state index contributed by atoms with van der Waals surface area (Å²) in [6.45, 7) is 2.44. The molecule has 3 aromatic rings. The number of hydroxylamine groups is 2. The minimum Gasteiger partial charge on any atom is -0.388 e. The first-order valence-corrected chi connectivity index (χ1v) is 17.0. The lowest BCUT2D eigenvalue weighted by Crippen LogP contribution is -2.41. The summed E-state index contributed by atoms with van der Waals surface area (Å²) in [6, 6.07) is 31.1. The predicted molar refractivity (Wildman–Crippen MR) is 175 cm³/mol. The van der Waals surface area contributed by atoms with Crippen molar-refractivity contribution < 1.29 is 31.6 Å². The molecular weight excluding hydrogens is 601 g/mol. The molecule has 1 N–H and O–H groups in total. The molecule has 2 aliphatic heterocycles. The van der Waals surface area contributed by atoms with E-state index in [0.29, 0.717) is 5.06 Å². The van der Waals surface area contributed by atoms with Gasteiger partial charge in [0.2, 0.25) is 0 Å². The van der Waals surface area contributed by atoms with Crippen molar-refractivity contribution in [1.82, 2.24) is 14.9 Å². The average molecular weight is 641 g/mol. The normalized spacial score (nSPS) is 16.0. The van der Waals surface area contributed by atoms with E-state index in [1.165, 1.54) is 25.7 Å². The summed E-state index contributed by atoms with van der Waals surface area (Å²) in [6.07, 6.45) is 3.74. The summed E-state index contributed by atoms with van der Waals surface area (Å²) in [4.78, 5) is 26.4. The van der Waals surface area contributed by atoms with Crippen molar-refractivity contribution in [2.24, 2.45) is 0 Å². The Hall–Kier alpha value is -3.86. The number of nitrogens with zero attached hydrogens (tertiary/aromatic N) is 3. The van der Waals surface area contributed by atoms with Gasteiger partial charge >= 0.3 is 16.4 Å². The lowest BCUT2D eigenvalue weighted by atomic mass is 10.0. The van der Waals surface area contributed by atoms with Crippen LogP contribution >= 0.6 is 7.26 Å². The fourth-order valence-corrected chi connectivity index (χ4v) is 9.10. The Morgan fingerprint density at radius 3 is 1.70 bits per heavy atom. The molecule has 3 aromatic carbocycles. The van der Waals surface area contributed by atoms with Gasteiger partial charge in [-0.3, -0.25) is 9.35 Å². The minimum absolute atomic E-state index is 0.139. The van der Waals surface area contributed by atoms with E-state index in [2.05, 4.69) is 119 Å². The predicted octanol–water partition coefficient (Wildman–Crippen LogP) is 3.63. The van der Waals surface area contributed by atoms with Crippen LogP contribution in [0.4, 0.5) is 4.79 Å². The number of likely N-dealkylation sites (N-methyl/N-ethyl adjacent to an activating group) is 1. The number of rotatable bonds is 7. The number of hydrogen-bond acceptors (Lipinski definition) is 6. The zero-order valence-corrected chi connectivity index (χ0v) is 27.2. The van der Waals surface area contributed by atoms with Crippen LogP contribution in [0.3, 0.4) is 0 Å². The van der Waals surface area contributed by atoms with Crippen LogP contribution in [0.5, 0.6) is 0 Å². The number of benzene rings is 3. The fraction of sp³-hybridized carbons (Fsp3) is 0.250. The number of carbonyl (C=O) groups is 2. The van der Waals surface area contributed by atoms with Gasteiger partial charge in [-0.1, -0.05) is 66.7 Å². The standard InChI is InChI=1S/C21H20P.C9H13N3O6S.C2H6O/c1-2-18-22(19-12-6-3-7-13-19,20-14-8-4-9-15-20)21-16-10-5-11-17-21;1-10(2)8(13)6-3-4-11-5-7(6)12(9(11)14)18-19(15,16)17;1-3-2/h2-18H,1H3;3,7H,4-5H2,1-2H3,(H,15,16,17);1-2H3/q+1;;/b18-2+;;. The summed E-state index contributed by atoms with van der Waals surface area (Å²) in [7, 11) is -0.222. The van der Waals surface area contributed by atoms with Crippen LogP contribution in [0.2, 0.25) is 0 Å². The van der Waals surface area contributed by atoms with Crippen LogP contribution < -0.4 is 15.9 Å². The SMILES string of the molecule is C/C=C/[P+](c1ccccc1)(c1ccccc1)c1ccccc1.CN(C)C(=O)C1=CCN2CC1N(OS(=O)(=O)O)C2=O.COC. The number of ether oxygens (including phenoxy) is 1. The fourth-order valence-electron chi connectivity index (χ4n) is 4.95. The third kappa shape index (κ3) is 8.19. The first kappa shape index (κ1) is 34.6. The Morgan fingerprint density at radius 2 is 1.34 bits per heavy atom. The van der Waals surface area contributed by atoms with E-state index in [-0.39, 0.29) is 24.6 Å². The third-order valence-electron chi connectivity index (χ3n) is 6.72. The van der Waals surface area contributed by atoms with Crippen LogP contribution in [-0.4, -0.2) is 87.2 Å². The van der Waals surface area contributed by atoms with Crippen LogP contribution in [0.25, 0.3) is 0 Å². The Bertz CT molecular complexity index is 1450. The lowest BCUT2D eigenvalue weighted by molar-refractivity contribution is -0.126. The van der Waals surface area contributed by atoms with Crippen molar-refractivity contribution in [2.45, 2.75) is 13.0 Å². The van der Waals surface area contributed by atoms with E-state index in [1.807, 2.05) is 0 Å². The van der Waals surface area contributed by atoms with Gasteiger partial charge in [0.25, 0.3) is 5.91 Å². The van der Waals surface area contributed by atoms with Gasteiger partial charge < -0.3 is 14.5 Å². The molecule has 0 aromatic heterocycles. The Morgan fingerprint density at radius 1 is 0.909 bits per heavy atom. The summed E-state index contributed by atoms with van der Waals surface area (Å²) in [5, 5.41) is 4.69. The molecule has 44 heavy (non-hydrogen) atoms. The van der Waals surface area contributed by atoms with Gasteiger partial charge in [-0.2, -0.15) is 13.5 Å². The van der Waals surface area contributed by atoms with Crippen LogP contribution in [-0.2, 0) is 24.2 Å². The van der Waals surface area contributed by atoms with Crippen molar-refractivity contribution in [3.05, 3.63) is 115 Å². The molecular formula is C32H39N3O7PS+. The summed E-state index contributed by atoms with van der Waals surface area (Å²) >= 11 is 0. The van der Waals surface area contributed by atoms with E-state index < -0.39 is 29.7 Å². The Balaban J connectivity index is 0.000000223. The van der Waals surface area contributed by atoms with Gasteiger partial charge in [0.1, 0.15) is 29.2 Å². The number of hydrogen-bond donors (Lipinski definition) is 1. The maximum absolute atomic E-state index is 11.9. The smallest absolute Gasteiger partial charge is 0.388 e. The topological polar surface area (TPSA) is 117 Å². The number of urea groups is 1. The summed E-state index contributed by atoms with van der Waals surface area (Å²) < 4.78 is 38.6. The maximum atomic E-state index is 11.9. The highest BCUT2D eigenvalue weighted by Crippen LogP contribution is 2.56. The van der Waals surface area contributed by atoms with Gasteiger partial charge in [-0.25, -0.2) is 4.79 Å². The van der Waals surface area contributed by atoms with Crippen LogP contribution in [0.1, 0.15) is 6.92 Å². The van der Waals surface area contributed by atoms with Crippen molar-refractivity contribution >= 4 is 45.5 Å². The molecule has 5 rings (SSSR count). The van der Waals surface area contributed by atoms with Crippen LogP contribution in [0, 0.1) is 0 Å². The molecule has 12 heteroatoms. The second kappa shape index (κ2) is 15.7. The Labute approximate surface area is 260 Å². The van der Waals surface area contributed by atoms with E-state index in [9.17, 15) is 18.0 Å². The Kier molecular flexibility index (Phi) is 12.4. The van der Waals surface area contributed by atoms with Crippen molar-refractivity contribution in [3.8, 4) is 0 Å². The minimum atomic E-state index is -4.82. The van der Waals surface area contributed by atoms with Gasteiger partial charge in [0, 0.05) is 40.4 Å². The molecule has 1 unspecified atom stereocenters. The van der Waals surface area contributed by atoms with E-state index in [0.717, 1.165) is 0 Å². The van der Waals surface area contributed by atoms with E-state index >= 15 is 0 Å². The van der Waals surface area contributed by atoms with E-state index in [4.69, 9.17) is 4.55 Å². The molecule has 1 atom stereocenters. The molecule has 0 aliphatic carbocycles. The maximum Gasteiger partial charge on any atom is 0.418 e. The highest BCUT2D eigenvalue weighted by molar-refractivity contribution is 7.98. The lowest BCUT2D eigenvalue weighted by Gasteiger charge is -2.24. The molecule has 2 bridgehead atoms. The average Bonchev–Trinajstić information content (AvgIpc) is 3.25. The van der Waals surface area contributed by atoms with Crippen molar-refractivity contribution in [3.63, 3.8) is 0 Å². The molecule has 10 nitrogen and oxygen atoms in total. The molecule has 0 radical (unpaired) electrons. The first-order chi connectivity index (χ1) is 21.0. The second-order valence-corrected chi connectivity index (χ2v) is 14.3. The number of methoxy groups -OCH3 is 1. The first-order valence-electron chi connectivity index (χ1n) is 13.8. The highest BCUT2D eigenvalue weighted by atomic mass is 32.3. The molecule has 3 amide bonds. The van der Waals surface area contributed by atoms with Gasteiger partial charge in [-0.15, -0.1) is 4.28 Å². The molecule has 2 heterocycles. The highest BCUT2D eigenvalue weighted by Gasteiger charge is 2.47. The van der Waals surface area contributed by atoms with Crippen LogP contribution in [0.15, 0.2) is 115 Å². The molecule has 0 spiro atoms. The second-order valence-electron chi connectivity index (χ2n) is 10.0. The van der Waals surface area contributed by atoms with Crippen molar-refractivity contribution in [2.75, 3.05) is 41.4 Å². The molecule has 234 valence electrons. The summed E-state index contributed by atoms with van der Waals surface area (Å²) in [5.74, 6) is 2.07. The van der Waals surface area contributed by atoms with Gasteiger partial charge in [0.05, 0.1) is 12.4 Å². The molecule has 1 fully saturated rings. The zero-order chi connectivity index (χ0) is 32.3. The molecule has 0 saturated carbocycles. The van der Waals surface area contributed by atoms with E-state index in [1.54, 1.807) is 34.4 Å². The molecule has 2 aliphatic rings. The number of amides is 3. The monoisotopic (exact) mass is 640 g/mol. The quantitative estimate of drug-likeness (QED) is 0.310. The number of carbonyl (C=O) groups excluding carboxylic acids is 2. The number of fused-ring (bicyclic) bond motifs is 2. The molecule has 1 saturated heterocycles. The van der Waals surface area contributed by atoms with Gasteiger partial charge in [-0.05, 0) is 43.3 Å². The largest absolute Gasteiger partial charge is 0.418 e. The third-order valence-corrected chi connectivity index (χ3v) is 11.1. The number of allylic oxidation sites excluding steroid dienone is 1. The zero-order valence-electron chi connectivity index (χ0n) is 25.5. The summed E-state index contributed by atoms with van der Waals surface area (Å²) in [5.41, 5.74) is 0.260.